The van der Waals surface area contributed by atoms with Crippen LogP contribution < -0.4 is 0 Å². The van der Waals surface area contributed by atoms with Gasteiger partial charge in [0.05, 0.1) is 0 Å². The Bertz CT molecular complexity index is 334. The molecule has 3 heteroatoms. The Morgan fingerprint density at radius 3 is 2.50 bits per heavy atom. The maximum atomic E-state index is 12.2. The standard InChI is InChI=1S/C17H30N2O/c1-18(12-15-5-3-2-4-6-15)16-9-10-19(13-16)17(20)11-14-7-8-14/h14-16H,2-13H2,1H3. The van der Waals surface area contributed by atoms with Crippen molar-refractivity contribution in [3.8, 4) is 0 Å². The number of carbonyl (C=O) groups is 1. The first-order chi connectivity index (χ1) is 9.72. The normalized spacial score (nSPS) is 28.3. The van der Waals surface area contributed by atoms with Crippen LogP contribution in [0.4, 0.5) is 0 Å². The van der Waals surface area contributed by atoms with Crippen LogP contribution in [-0.4, -0.2) is 48.4 Å². The molecule has 0 bridgehead atoms. The van der Waals surface area contributed by atoms with Gasteiger partial charge in [0.25, 0.3) is 0 Å². The van der Waals surface area contributed by atoms with Crippen molar-refractivity contribution in [2.45, 2.75) is 63.8 Å². The molecule has 3 rings (SSSR count). The van der Waals surface area contributed by atoms with Crippen molar-refractivity contribution in [1.82, 2.24) is 9.80 Å². The molecule has 1 heterocycles. The minimum atomic E-state index is 0.418. The maximum absolute atomic E-state index is 12.2. The van der Waals surface area contributed by atoms with E-state index in [1.54, 1.807) is 0 Å². The fourth-order valence-electron chi connectivity index (χ4n) is 3.95. The van der Waals surface area contributed by atoms with E-state index in [2.05, 4.69) is 16.8 Å². The third-order valence-corrected chi connectivity index (χ3v) is 5.57. The molecule has 2 aliphatic carbocycles. The van der Waals surface area contributed by atoms with Gasteiger partial charge in [0.1, 0.15) is 0 Å². The van der Waals surface area contributed by atoms with Crippen LogP contribution >= 0.6 is 0 Å². The molecule has 0 aromatic carbocycles. The molecule has 1 unspecified atom stereocenters. The molecule has 3 aliphatic rings. The molecular weight excluding hydrogens is 248 g/mol. The summed E-state index contributed by atoms with van der Waals surface area (Å²) in [4.78, 5) is 16.8. The largest absolute Gasteiger partial charge is 0.341 e. The zero-order chi connectivity index (χ0) is 13.9. The lowest BCUT2D eigenvalue weighted by Crippen LogP contribution is -2.39. The number of rotatable bonds is 5. The second-order valence-electron chi connectivity index (χ2n) is 7.37. The highest BCUT2D eigenvalue weighted by molar-refractivity contribution is 5.77. The van der Waals surface area contributed by atoms with Gasteiger partial charge in [-0.05, 0) is 51.0 Å². The Labute approximate surface area is 123 Å². The molecule has 1 saturated heterocycles. The number of carbonyl (C=O) groups excluding carboxylic acids is 1. The van der Waals surface area contributed by atoms with Crippen LogP contribution in [0.2, 0.25) is 0 Å². The van der Waals surface area contributed by atoms with E-state index in [0.29, 0.717) is 11.9 Å². The zero-order valence-corrected chi connectivity index (χ0v) is 13.0. The number of nitrogens with zero attached hydrogens (tertiary/aromatic N) is 2. The van der Waals surface area contributed by atoms with Gasteiger partial charge in [-0.1, -0.05) is 19.3 Å². The lowest BCUT2D eigenvalue weighted by molar-refractivity contribution is -0.130. The number of likely N-dealkylation sites (N-methyl/N-ethyl adjacent to an activating group) is 1. The van der Waals surface area contributed by atoms with Crippen LogP contribution in [0.5, 0.6) is 0 Å². The summed E-state index contributed by atoms with van der Waals surface area (Å²) in [5.74, 6) is 2.05. The van der Waals surface area contributed by atoms with Crippen molar-refractivity contribution < 1.29 is 4.79 Å². The van der Waals surface area contributed by atoms with Gasteiger partial charge in [-0.15, -0.1) is 0 Å². The lowest BCUT2D eigenvalue weighted by Gasteiger charge is -2.30. The van der Waals surface area contributed by atoms with E-state index >= 15 is 0 Å². The SMILES string of the molecule is CN(CC1CCCCC1)C1CCN(C(=O)CC2CC2)C1. The van der Waals surface area contributed by atoms with Crippen molar-refractivity contribution in [3.63, 3.8) is 0 Å². The summed E-state index contributed by atoms with van der Waals surface area (Å²) >= 11 is 0. The maximum Gasteiger partial charge on any atom is 0.222 e. The molecule has 114 valence electrons. The molecule has 0 aromatic heterocycles. The minimum Gasteiger partial charge on any atom is -0.341 e. The van der Waals surface area contributed by atoms with E-state index in [9.17, 15) is 4.79 Å². The smallest absolute Gasteiger partial charge is 0.222 e. The van der Waals surface area contributed by atoms with Gasteiger partial charge >= 0.3 is 0 Å². The third kappa shape index (κ3) is 3.75. The van der Waals surface area contributed by atoms with Crippen molar-refractivity contribution in [2.24, 2.45) is 11.8 Å². The van der Waals surface area contributed by atoms with Crippen molar-refractivity contribution >= 4 is 5.91 Å². The Balaban J connectivity index is 1.42. The predicted molar refractivity (Wildman–Crippen MR) is 81.5 cm³/mol. The summed E-state index contributed by atoms with van der Waals surface area (Å²) in [7, 11) is 2.27. The first-order valence-corrected chi connectivity index (χ1v) is 8.70. The van der Waals surface area contributed by atoms with Gasteiger partial charge in [-0.2, -0.15) is 0 Å². The Morgan fingerprint density at radius 1 is 1.05 bits per heavy atom. The number of likely N-dealkylation sites (tertiary alicyclic amines) is 1. The van der Waals surface area contributed by atoms with Crippen molar-refractivity contribution in [2.75, 3.05) is 26.7 Å². The predicted octanol–water partition coefficient (Wildman–Crippen LogP) is 2.90. The zero-order valence-electron chi connectivity index (χ0n) is 13.0. The van der Waals surface area contributed by atoms with Gasteiger partial charge in [0.15, 0.2) is 0 Å². The van der Waals surface area contributed by atoms with Crippen LogP contribution in [-0.2, 0) is 4.79 Å². The first-order valence-electron chi connectivity index (χ1n) is 8.70. The molecular formula is C17H30N2O. The fraction of sp³-hybridized carbons (Fsp3) is 0.941. The van der Waals surface area contributed by atoms with Crippen LogP contribution in [0, 0.1) is 11.8 Å². The van der Waals surface area contributed by atoms with E-state index < -0.39 is 0 Å². The molecule has 3 nitrogen and oxygen atoms in total. The molecule has 1 atom stereocenters. The van der Waals surface area contributed by atoms with Crippen LogP contribution in [0.1, 0.15) is 57.8 Å². The second-order valence-corrected chi connectivity index (χ2v) is 7.37. The van der Waals surface area contributed by atoms with Crippen LogP contribution in [0.3, 0.4) is 0 Å². The van der Waals surface area contributed by atoms with E-state index in [-0.39, 0.29) is 0 Å². The van der Waals surface area contributed by atoms with E-state index in [4.69, 9.17) is 0 Å². The average molecular weight is 278 g/mol. The Morgan fingerprint density at radius 2 is 1.80 bits per heavy atom. The molecule has 2 saturated carbocycles. The summed E-state index contributed by atoms with van der Waals surface area (Å²) in [6.07, 6.45) is 11.7. The van der Waals surface area contributed by atoms with Gasteiger partial charge in [0.2, 0.25) is 5.91 Å². The Kier molecular flexibility index (Phi) is 4.65. The van der Waals surface area contributed by atoms with E-state index in [0.717, 1.165) is 31.3 Å². The summed E-state index contributed by atoms with van der Waals surface area (Å²) in [6.45, 7) is 3.22. The van der Waals surface area contributed by atoms with E-state index in [1.807, 2.05) is 0 Å². The molecule has 3 fully saturated rings. The summed E-state index contributed by atoms with van der Waals surface area (Å²) in [5, 5.41) is 0. The monoisotopic (exact) mass is 278 g/mol. The quantitative estimate of drug-likeness (QED) is 0.772. The molecule has 1 amide bonds. The highest BCUT2D eigenvalue weighted by Gasteiger charge is 2.32. The molecule has 0 aromatic rings. The lowest BCUT2D eigenvalue weighted by atomic mass is 9.89. The molecule has 1 aliphatic heterocycles. The van der Waals surface area contributed by atoms with Crippen LogP contribution in [0.15, 0.2) is 0 Å². The summed E-state index contributed by atoms with van der Waals surface area (Å²) in [5.41, 5.74) is 0. The van der Waals surface area contributed by atoms with Gasteiger partial charge in [0, 0.05) is 32.1 Å². The molecule has 20 heavy (non-hydrogen) atoms. The van der Waals surface area contributed by atoms with Crippen LogP contribution in [0.25, 0.3) is 0 Å². The number of amides is 1. The van der Waals surface area contributed by atoms with Crippen molar-refractivity contribution in [1.29, 1.82) is 0 Å². The summed E-state index contributed by atoms with van der Waals surface area (Å²) in [6, 6.07) is 0.611. The summed E-state index contributed by atoms with van der Waals surface area (Å²) < 4.78 is 0. The number of hydrogen-bond acceptors (Lipinski definition) is 2. The molecule has 0 radical (unpaired) electrons. The van der Waals surface area contributed by atoms with Gasteiger partial charge < -0.3 is 9.80 Å². The molecule has 0 spiro atoms. The highest BCUT2D eigenvalue weighted by atomic mass is 16.2. The topological polar surface area (TPSA) is 23.6 Å². The van der Waals surface area contributed by atoms with E-state index in [1.165, 1.54) is 57.9 Å². The number of hydrogen-bond donors (Lipinski definition) is 0. The average Bonchev–Trinajstić information content (AvgIpc) is 3.12. The van der Waals surface area contributed by atoms with Crippen molar-refractivity contribution in [3.05, 3.63) is 0 Å². The Hall–Kier alpha value is -0.570. The third-order valence-electron chi connectivity index (χ3n) is 5.57. The minimum absolute atomic E-state index is 0.418. The first kappa shape index (κ1) is 14.4. The van der Waals surface area contributed by atoms with Gasteiger partial charge in [-0.25, -0.2) is 0 Å². The highest BCUT2D eigenvalue weighted by Crippen LogP contribution is 2.33. The second kappa shape index (κ2) is 6.46. The van der Waals surface area contributed by atoms with Gasteiger partial charge in [-0.3, -0.25) is 4.79 Å². The fourth-order valence-corrected chi connectivity index (χ4v) is 3.95. The molecule has 0 N–H and O–H groups in total.